The minimum Gasteiger partial charge on any atom is -0.598 e. The van der Waals surface area contributed by atoms with E-state index in [0.29, 0.717) is 0 Å². The highest BCUT2D eigenvalue weighted by Gasteiger charge is 2.51. The molecule has 0 unspecified atom stereocenters. The number of nitrogens with one attached hydrogen (secondary N) is 2. The summed E-state index contributed by atoms with van der Waals surface area (Å²) in [5, 5.41) is 4.51. The number of nitrogens with zero attached hydrogens (tertiary/aromatic N) is 2. The van der Waals surface area contributed by atoms with E-state index in [1.807, 2.05) is 34.9 Å². The molecule has 5 nitrogen and oxygen atoms in total. The Hall–Kier alpha value is -0.340. The van der Waals surface area contributed by atoms with E-state index >= 15 is 0 Å². The fourth-order valence-corrected chi connectivity index (χ4v) is 5.67. The zero-order chi connectivity index (χ0) is 16.8. The van der Waals surface area contributed by atoms with Crippen LogP contribution in [0.5, 0.6) is 0 Å². The van der Waals surface area contributed by atoms with Gasteiger partial charge in [0.05, 0.1) is 16.6 Å². The maximum absolute atomic E-state index is 12.8. The van der Waals surface area contributed by atoms with Crippen LogP contribution in [0.3, 0.4) is 0 Å². The number of hydrogen-bond acceptors (Lipinski definition) is 6. The summed E-state index contributed by atoms with van der Waals surface area (Å²) in [6.07, 6.45) is 3.24. The lowest BCUT2D eigenvalue weighted by Crippen LogP contribution is -2.48. The van der Waals surface area contributed by atoms with E-state index in [4.69, 9.17) is 4.98 Å². The van der Waals surface area contributed by atoms with Crippen molar-refractivity contribution in [3.8, 4) is 0 Å². The van der Waals surface area contributed by atoms with Crippen molar-refractivity contribution in [1.29, 1.82) is 0 Å². The van der Waals surface area contributed by atoms with Gasteiger partial charge in [0.1, 0.15) is 4.75 Å². The molecule has 3 rings (SSSR count). The smallest absolute Gasteiger partial charge is 0.185 e. The maximum Gasteiger partial charge on any atom is 0.185 e. The largest absolute Gasteiger partial charge is 0.598 e. The van der Waals surface area contributed by atoms with Gasteiger partial charge in [-0.1, -0.05) is 11.3 Å². The molecule has 1 aliphatic heterocycles. The van der Waals surface area contributed by atoms with E-state index in [9.17, 15) is 4.55 Å². The molecule has 2 aliphatic rings. The van der Waals surface area contributed by atoms with Gasteiger partial charge in [-0.2, -0.15) is 0 Å². The molecule has 0 aromatic carbocycles. The SMILES string of the molecule is CN(C)c1nc2c(s1)[C@@H](N[S@+]([O-])C(C)(C)C)C1(CCNCC1)C2. The van der Waals surface area contributed by atoms with Crippen LogP contribution in [0.2, 0.25) is 0 Å². The van der Waals surface area contributed by atoms with Gasteiger partial charge >= 0.3 is 0 Å². The molecular weight excluding hydrogens is 328 g/mol. The molecule has 7 heteroatoms. The molecule has 1 aromatic heterocycles. The Labute approximate surface area is 146 Å². The summed E-state index contributed by atoms with van der Waals surface area (Å²) < 4.78 is 16.0. The molecule has 0 amide bonds. The maximum atomic E-state index is 12.8. The Morgan fingerprint density at radius 2 is 2.00 bits per heavy atom. The second-order valence-corrected chi connectivity index (χ2v) is 10.9. The first-order chi connectivity index (χ1) is 10.7. The molecule has 1 aliphatic carbocycles. The summed E-state index contributed by atoms with van der Waals surface area (Å²) >= 11 is 0.687. The van der Waals surface area contributed by atoms with Gasteiger partial charge in [-0.05, 0) is 53.1 Å². The van der Waals surface area contributed by atoms with Crippen LogP contribution in [0.25, 0.3) is 0 Å². The average Bonchev–Trinajstić information content (AvgIpc) is 2.97. The second-order valence-electron chi connectivity index (χ2n) is 7.92. The van der Waals surface area contributed by atoms with Crippen LogP contribution in [0.1, 0.15) is 50.2 Å². The number of rotatable bonds is 3. The number of anilines is 1. The van der Waals surface area contributed by atoms with E-state index in [1.54, 1.807) is 11.3 Å². The van der Waals surface area contributed by atoms with E-state index in [0.717, 1.165) is 37.5 Å². The predicted octanol–water partition coefficient (Wildman–Crippen LogP) is 2.23. The number of piperidine rings is 1. The molecule has 23 heavy (non-hydrogen) atoms. The van der Waals surface area contributed by atoms with E-state index in [-0.39, 0.29) is 16.2 Å². The predicted molar refractivity (Wildman–Crippen MR) is 98.5 cm³/mol. The fourth-order valence-electron chi connectivity index (χ4n) is 3.46. The van der Waals surface area contributed by atoms with Gasteiger partial charge in [-0.3, -0.25) is 0 Å². The number of thiazole rings is 1. The van der Waals surface area contributed by atoms with Crippen molar-refractivity contribution in [2.24, 2.45) is 5.41 Å². The van der Waals surface area contributed by atoms with Crippen LogP contribution in [0.15, 0.2) is 0 Å². The van der Waals surface area contributed by atoms with Crippen LogP contribution < -0.4 is 14.9 Å². The topological polar surface area (TPSA) is 63.2 Å². The zero-order valence-electron chi connectivity index (χ0n) is 14.7. The van der Waals surface area contributed by atoms with Gasteiger partial charge in [0.2, 0.25) is 0 Å². The molecule has 0 bridgehead atoms. The molecule has 0 radical (unpaired) electrons. The molecule has 0 saturated carbocycles. The summed E-state index contributed by atoms with van der Waals surface area (Å²) in [7, 11) is 4.06. The third-order valence-electron chi connectivity index (χ3n) is 4.87. The normalized spacial score (nSPS) is 24.7. The Kier molecular flexibility index (Phi) is 4.70. The van der Waals surface area contributed by atoms with E-state index in [2.05, 4.69) is 14.9 Å². The van der Waals surface area contributed by atoms with Crippen molar-refractivity contribution in [1.82, 2.24) is 15.0 Å². The Morgan fingerprint density at radius 3 is 2.57 bits per heavy atom. The molecule has 1 spiro atoms. The van der Waals surface area contributed by atoms with E-state index in [1.165, 1.54) is 10.6 Å². The van der Waals surface area contributed by atoms with Crippen molar-refractivity contribution in [2.45, 2.75) is 50.8 Å². The van der Waals surface area contributed by atoms with Crippen molar-refractivity contribution < 1.29 is 4.55 Å². The van der Waals surface area contributed by atoms with Gasteiger partial charge in [0.15, 0.2) is 5.13 Å². The molecule has 1 fully saturated rings. The van der Waals surface area contributed by atoms with Crippen molar-refractivity contribution in [3.05, 3.63) is 10.6 Å². The minimum absolute atomic E-state index is 0.158. The van der Waals surface area contributed by atoms with Crippen LogP contribution in [0.4, 0.5) is 5.13 Å². The first-order valence-corrected chi connectivity index (χ1v) is 10.3. The highest BCUT2D eigenvalue weighted by Crippen LogP contribution is 2.54. The molecule has 130 valence electrons. The quantitative estimate of drug-likeness (QED) is 0.813. The van der Waals surface area contributed by atoms with E-state index < -0.39 is 11.4 Å². The minimum atomic E-state index is -1.07. The lowest BCUT2D eigenvalue weighted by molar-refractivity contribution is 0.164. The second kappa shape index (κ2) is 6.19. The third kappa shape index (κ3) is 3.26. The van der Waals surface area contributed by atoms with Crippen molar-refractivity contribution >= 4 is 27.8 Å². The number of fused-ring (bicyclic) bond motifs is 1. The highest BCUT2D eigenvalue weighted by molar-refractivity contribution is 7.90. The van der Waals surface area contributed by atoms with Crippen molar-refractivity contribution in [3.63, 3.8) is 0 Å². The molecule has 1 aromatic rings. The van der Waals surface area contributed by atoms with Gasteiger partial charge in [0.25, 0.3) is 0 Å². The van der Waals surface area contributed by atoms with Gasteiger partial charge in [-0.15, -0.1) is 4.72 Å². The summed E-state index contributed by atoms with van der Waals surface area (Å²) in [5.74, 6) is 0. The standard InChI is InChI=1S/C16H28N4OS2/c1-15(2,3)23(21)19-13-12-11(18-14(22-12)20(4)5)10-16(13)6-8-17-9-7-16/h13,17,19H,6-10H2,1-5H3/t13-,23-/m1/s1. The number of aromatic nitrogens is 1. The van der Waals surface area contributed by atoms with Crippen LogP contribution in [0, 0.1) is 5.41 Å². The zero-order valence-corrected chi connectivity index (χ0v) is 16.4. The summed E-state index contributed by atoms with van der Waals surface area (Å²) in [6, 6.07) is 0.158. The third-order valence-corrected chi connectivity index (χ3v) is 7.77. The Balaban J connectivity index is 1.92. The van der Waals surface area contributed by atoms with Gasteiger partial charge in [-0.25, -0.2) is 4.98 Å². The first-order valence-electron chi connectivity index (χ1n) is 8.29. The van der Waals surface area contributed by atoms with Gasteiger partial charge in [0, 0.05) is 30.9 Å². The first kappa shape index (κ1) is 17.5. The van der Waals surface area contributed by atoms with Gasteiger partial charge < -0.3 is 14.8 Å². The van der Waals surface area contributed by atoms with Crippen molar-refractivity contribution in [2.75, 3.05) is 32.1 Å². The molecule has 2 N–H and O–H groups in total. The Morgan fingerprint density at radius 1 is 1.35 bits per heavy atom. The molecular formula is C16H28N4OS2. The lowest BCUT2D eigenvalue weighted by Gasteiger charge is -2.40. The summed E-state index contributed by atoms with van der Waals surface area (Å²) in [6.45, 7) is 8.16. The van der Waals surface area contributed by atoms with Crippen LogP contribution >= 0.6 is 11.3 Å². The highest BCUT2D eigenvalue weighted by atomic mass is 32.2. The monoisotopic (exact) mass is 356 g/mol. The average molecular weight is 357 g/mol. The molecule has 2 atom stereocenters. The van der Waals surface area contributed by atoms with Crippen LogP contribution in [-0.2, 0) is 17.8 Å². The fraction of sp³-hybridized carbons (Fsp3) is 0.812. The molecule has 1 saturated heterocycles. The number of hydrogen-bond donors (Lipinski definition) is 2. The lowest BCUT2D eigenvalue weighted by atomic mass is 9.74. The summed E-state index contributed by atoms with van der Waals surface area (Å²) in [5.41, 5.74) is 1.38. The van der Waals surface area contributed by atoms with Crippen LogP contribution in [-0.4, -0.2) is 41.5 Å². The Bertz CT molecular complexity index is 561. The molecule has 2 heterocycles. The summed E-state index contributed by atoms with van der Waals surface area (Å²) in [4.78, 5) is 8.21.